The zero-order chi connectivity index (χ0) is 15.8. The molecule has 2 rings (SSSR count). The average Bonchev–Trinajstić information content (AvgIpc) is 2.86. The number of non-ortho nitro benzene ring substituents is 1. The minimum atomic E-state index is -3.72. The molecule has 1 fully saturated rings. The van der Waals surface area contributed by atoms with Gasteiger partial charge < -0.3 is 10.0 Å². The molecule has 0 amide bonds. The summed E-state index contributed by atoms with van der Waals surface area (Å²) in [6.07, 6.45) is 1.98. The first-order valence-corrected chi connectivity index (χ1v) is 8.09. The SMILES string of the molecule is CS(=O)(=O)c1cc([N+](=O)[O-])ccc1N1CCCC1C(=O)O. The number of nitro benzene ring substituents is 1. The van der Waals surface area contributed by atoms with E-state index in [1.54, 1.807) is 0 Å². The summed E-state index contributed by atoms with van der Waals surface area (Å²) in [5.74, 6) is -1.04. The van der Waals surface area contributed by atoms with E-state index >= 15 is 0 Å². The number of carboxylic acid groups (broad SMARTS) is 1. The normalized spacial score (nSPS) is 18.7. The quantitative estimate of drug-likeness (QED) is 0.651. The van der Waals surface area contributed by atoms with Crippen molar-refractivity contribution < 1.29 is 23.2 Å². The highest BCUT2D eigenvalue weighted by Crippen LogP contribution is 2.34. The van der Waals surface area contributed by atoms with Crippen molar-refractivity contribution in [2.45, 2.75) is 23.8 Å². The van der Waals surface area contributed by atoms with Gasteiger partial charge in [0.25, 0.3) is 5.69 Å². The molecule has 0 bridgehead atoms. The second-order valence-corrected chi connectivity index (χ2v) is 6.86. The molecule has 0 saturated carbocycles. The first-order valence-electron chi connectivity index (χ1n) is 6.20. The average molecular weight is 314 g/mol. The standard InChI is InChI=1S/C12H14N2O6S/c1-21(19,20)11-7-8(14(17)18)4-5-9(11)13-6-2-3-10(13)12(15)16/h4-5,7,10H,2-3,6H2,1H3,(H,15,16). The van der Waals surface area contributed by atoms with Crippen LogP contribution in [0.5, 0.6) is 0 Å². The molecule has 21 heavy (non-hydrogen) atoms. The summed E-state index contributed by atoms with van der Waals surface area (Å²) >= 11 is 0. The Morgan fingerprint density at radius 3 is 2.67 bits per heavy atom. The number of nitro groups is 1. The number of hydrogen-bond donors (Lipinski definition) is 1. The van der Waals surface area contributed by atoms with E-state index in [-0.39, 0.29) is 16.3 Å². The topological polar surface area (TPSA) is 118 Å². The fraction of sp³-hybridized carbons (Fsp3) is 0.417. The van der Waals surface area contributed by atoms with E-state index in [1.165, 1.54) is 17.0 Å². The number of benzene rings is 1. The molecule has 0 radical (unpaired) electrons. The van der Waals surface area contributed by atoms with Gasteiger partial charge in [-0.05, 0) is 18.9 Å². The lowest BCUT2D eigenvalue weighted by atomic mass is 10.2. The highest BCUT2D eigenvalue weighted by atomic mass is 32.2. The number of rotatable bonds is 4. The molecule has 0 aliphatic carbocycles. The molecule has 1 aromatic rings. The van der Waals surface area contributed by atoms with E-state index in [0.717, 1.165) is 12.3 Å². The molecule has 9 heteroatoms. The van der Waals surface area contributed by atoms with Crippen molar-refractivity contribution in [2.24, 2.45) is 0 Å². The number of anilines is 1. The van der Waals surface area contributed by atoms with Crippen molar-refractivity contribution in [1.29, 1.82) is 0 Å². The van der Waals surface area contributed by atoms with Crippen LogP contribution in [-0.4, -0.2) is 43.3 Å². The van der Waals surface area contributed by atoms with Crippen LogP contribution in [0.4, 0.5) is 11.4 Å². The van der Waals surface area contributed by atoms with Gasteiger partial charge >= 0.3 is 5.97 Å². The number of aliphatic carboxylic acids is 1. The second-order valence-electron chi connectivity index (χ2n) is 4.87. The zero-order valence-electron chi connectivity index (χ0n) is 11.2. The second kappa shape index (κ2) is 5.32. The maximum atomic E-state index is 11.9. The van der Waals surface area contributed by atoms with Gasteiger partial charge in [-0.2, -0.15) is 0 Å². The Kier molecular flexibility index (Phi) is 3.86. The predicted molar refractivity (Wildman–Crippen MR) is 74.2 cm³/mol. The Balaban J connectivity index is 2.58. The van der Waals surface area contributed by atoms with Gasteiger partial charge in [0.2, 0.25) is 0 Å². The highest BCUT2D eigenvalue weighted by molar-refractivity contribution is 7.90. The summed E-state index contributed by atoms with van der Waals surface area (Å²) in [5.41, 5.74) is -0.141. The molecule has 1 saturated heterocycles. The van der Waals surface area contributed by atoms with Crippen molar-refractivity contribution in [1.82, 2.24) is 0 Å². The van der Waals surface area contributed by atoms with Gasteiger partial charge in [-0.3, -0.25) is 10.1 Å². The summed E-state index contributed by atoms with van der Waals surface area (Å²) in [4.78, 5) is 22.6. The van der Waals surface area contributed by atoms with Gasteiger partial charge in [0.1, 0.15) is 6.04 Å². The summed E-state index contributed by atoms with van der Waals surface area (Å²) in [6.45, 7) is 0.400. The molecule has 0 spiro atoms. The molecule has 1 aliphatic heterocycles. The van der Waals surface area contributed by atoms with Crippen LogP contribution in [0.1, 0.15) is 12.8 Å². The maximum absolute atomic E-state index is 11.9. The van der Waals surface area contributed by atoms with Gasteiger partial charge in [0.15, 0.2) is 9.84 Å². The minimum absolute atomic E-state index is 0.202. The first kappa shape index (κ1) is 15.2. The van der Waals surface area contributed by atoms with Crippen molar-refractivity contribution in [3.05, 3.63) is 28.3 Å². The van der Waals surface area contributed by atoms with Crippen LogP contribution >= 0.6 is 0 Å². The summed E-state index contributed by atoms with van der Waals surface area (Å²) in [6, 6.07) is 2.64. The fourth-order valence-corrected chi connectivity index (χ4v) is 3.36. The molecular formula is C12H14N2O6S. The first-order chi connectivity index (χ1) is 9.71. The molecule has 1 atom stereocenters. The third-order valence-electron chi connectivity index (χ3n) is 3.40. The molecule has 1 aliphatic rings. The molecule has 1 unspecified atom stereocenters. The van der Waals surface area contributed by atoms with Crippen LogP contribution in [0.25, 0.3) is 0 Å². The number of nitrogens with zero attached hydrogens (tertiary/aromatic N) is 2. The molecule has 1 N–H and O–H groups in total. The van der Waals surface area contributed by atoms with Crippen molar-refractivity contribution >= 4 is 27.2 Å². The lowest BCUT2D eigenvalue weighted by Gasteiger charge is -2.25. The lowest BCUT2D eigenvalue weighted by molar-refractivity contribution is -0.385. The smallest absolute Gasteiger partial charge is 0.326 e. The lowest BCUT2D eigenvalue weighted by Crippen LogP contribution is -2.36. The van der Waals surface area contributed by atoms with Crippen LogP contribution in [0.3, 0.4) is 0 Å². The van der Waals surface area contributed by atoms with Gasteiger partial charge in [0.05, 0.1) is 15.5 Å². The van der Waals surface area contributed by atoms with Crippen LogP contribution in [0.2, 0.25) is 0 Å². The zero-order valence-corrected chi connectivity index (χ0v) is 12.0. The molecule has 0 aromatic heterocycles. The Hall–Kier alpha value is -2.16. The third-order valence-corrected chi connectivity index (χ3v) is 4.53. The molecule has 8 nitrogen and oxygen atoms in total. The van der Waals surface area contributed by atoms with E-state index in [1.807, 2.05) is 0 Å². The van der Waals surface area contributed by atoms with Crippen LogP contribution in [-0.2, 0) is 14.6 Å². The van der Waals surface area contributed by atoms with Gasteiger partial charge in [-0.25, -0.2) is 13.2 Å². The van der Waals surface area contributed by atoms with Crippen LogP contribution in [0, 0.1) is 10.1 Å². The van der Waals surface area contributed by atoms with E-state index < -0.39 is 26.8 Å². The van der Waals surface area contributed by atoms with E-state index in [2.05, 4.69) is 0 Å². The minimum Gasteiger partial charge on any atom is -0.480 e. The predicted octanol–water partition coefficient (Wildman–Crippen LogP) is 1.05. The van der Waals surface area contributed by atoms with E-state index in [4.69, 9.17) is 0 Å². The van der Waals surface area contributed by atoms with Crippen LogP contribution < -0.4 is 4.90 Å². The van der Waals surface area contributed by atoms with Crippen molar-refractivity contribution in [3.8, 4) is 0 Å². The Morgan fingerprint density at radius 2 is 2.14 bits per heavy atom. The van der Waals surface area contributed by atoms with Gasteiger partial charge in [0, 0.05) is 24.9 Å². The Labute approximate surface area is 121 Å². The maximum Gasteiger partial charge on any atom is 0.326 e. The summed E-state index contributed by atoms with van der Waals surface area (Å²) < 4.78 is 23.7. The number of carboxylic acids is 1. The van der Waals surface area contributed by atoms with Crippen molar-refractivity contribution in [2.75, 3.05) is 17.7 Å². The summed E-state index contributed by atoms with van der Waals surface area (Å²) in [5, 5.41) is 20.0. The van der Waals surface area contributed by atoms with Gasteiger partial charge in [-0.1, -0.05) is 0 Å². The Bertz CT molecular complexity index is 700. The molecule has 1 heterocycles. The molecule has 114 valence electrons. The van der Waals surface area contributed by atoms with E-state index in [0.29, 0.717) is 19.4 Å². The Morgan fingerprint density at radius 1 is 1.48 bits per heavy atom. The number of hydrogen-bond acceptors (Lipinski definition) is 6. The van der Waals surface area contributed by atoms with Crippen LogP contribution in [0.15, 0.2) is 23.1 Å². The molecular weight excluding hydrogens is 300 g/mol. The van der Waals surface area contributed by atoms with Gasteiger partial charge in [-0.15, -0.1) is 0 Å². The number of carbonyl (C=O) groups is 1. The largest absolute Gasteiger partial charge is 0.480 e. The monoisotopic (exact) mass is 314 g/mol. The van der Waals surface area contributed by atoms with Crippen molar-refractivity contribution in [3.63, 3.8) is 0 Å². The fourth-order valence-electron chi connectivity index (χ4n) is 2.46. The molecule has 1 aromatic carbocycles. The summed E-state index contributed by atoms with van der Waals surface area (Å²) in [7, 11) is -3.72. The highest BCUT2D eigenvalue weighted by Gasteiger charge is 2.33. The third kappa shape index (κ3) is 2.97. The number of sulfone groups is 1. The van der Waals surface area contributed by atoms with E-state index in [9.17, 15) is 28.4 Å².